The highest BCUT2D eigenvalue weighted by molar-refractivity contribution is 5.81. The maximum Gasteiger partial charge on any atom is 0.254 e. The molecule has 1 saturated heterocycles. The summed E-state index contributed by atoms with van der Waals surface area (Å²) in [5.41, 5.74) is 1.73. The van der Waals surface area contributed by atoms with Crippen molar-refractivity contribution < 1.29 is 4.79 Å². The Bertz CT molecular complexity index is 723. The summed E-state index contributed by atoms with van der Waals surface area (Å²) < 4.78 is 0. The van der Waals surface area contributed by atoms with Gasteiger partial charge in [0, 0.05) is 37.2 Å². The van der Waals surface area contributed by atoms with E-state index in [2.05, 4.69) is 23.7 Å². The number of carbonyl (C=O) groups excluding carboxylic acids is 1. The first-order valence-electron chi connectivity index (χ1n) is 9.71. The highest BCUT2D eigenvalue weighted by atomic mass is 16.2. The number of hydrogen-bond donors (Lipinski definition) is 1. The second-order valence-electron chi connectivity index (χ2n) is 8.01. The minimum Gasteiger partial charge on any atom is -0.332 e. The van der Waals surface area contributed by atoms with Gasteiger partial charge in [0.25, 0.3) is 5.56 Å². The Morgan fingerprint density at radius 2 is 2.00 bits per heavy atom. The molecule has 0 bridgehead atoms. The molecule has 0 spiro atoms. The van der Waals surface area contributed by atoms with Crippen LogP contribution in [-0.2, 0) is 17.8 Å². The molecular weight excluding hydrogens is 316 g/mol. The quantitative estimate of drug-likeness (QED) is 0.910. The number of aromatic amines is 1. The maximum atomic E-state index is 12.7. The molecule has 6 heteroatoms. The van der Waals surface area contributed by atoms with E-state index in [9.17, 15) is 9.59 Å². The van der Waals surface area contributed by atoms with E-state index in [0.29, 0.717) is 11.9 Å². The second kappa shape index (κ2) is 6.56. The van der Waals surface area contributed by atoms with Gasteiger partial charge >= 0.3 is 0 Å². The summed E-state index contributed by atoms with van der Waals surface area (Å²) in [5.74, 6) is 1.17. The van der Waals surface area contributed by atoms with Gasteiger partial charge in [-0.25, -0.2) is 4.98 Å². The number of amides is 1. The molecule has 136 valence electrons. The summed E-state index contributed by atoms with van der Waals surface area (Å²) in [5, 5.41) is 0. The number of aromatic nitrogens is 2. The van der Waals surface area contributed by atoms with Crippen LogP contribution in [0.25, 0.3) is 0 Å². The van der Waals surface area contributed by atoms with Gasteiger partial charge in [-0.15, -0.1) is 0 Å². The lowest BCUT2D eigenvalue weighted by Gasteiger charge is -2.36. The first-order chi connectivity index (χ1) is 12.0. The Hall–Kier alpha value is -1.69. The molecule has 1 unspecified atom stereocenters. The third-order valence-corrected chi connectivity index (χ3v) is 5.88. The number of fused-ring (bicyclic) bond motifs is 1. The van der Waals surface area contributed by atoms with Gasteiger partial charge in [0.15, 0.2) is 0 Å². The van der Waals surface area contributed by atoms with Crippen molar-refractivity contribution in [3.63, 3.8) is 0 Å². The Labute approximate surface area is 148 Å². The second-order valence-corrected chi connectivity index (χ2v) is 8.01. The van der Waals surface area contributed by atoms with Gasteiger partial charge < -0.3 is 9.88 Å². The first-order valence-corrected chi connectivity index (χ1v) is 9.71. The first kappa shape index (κ1) is 16.8. The molecule has 1 amide bonds. The lowest BCUT2D eigenvalue weighted by molar-refractivity contribution is -0.136. The van der Waals surface area contributed by atoms with E-state index in [1.807, 2.05) is 4.90 Å². The molecule has 4 rings (SSSR count). The summed E-state index contributed by atoms with van der Waals surface area (Å²) in [6.45, 7) is 6.78. The van der Waals surface area contributed by atoms with Gasteiger partial charge in [0.05, 0.1) is 11.7 Å². The van der Waals surface area contributed by atoms with E-state index in [0.717, 1.165) is 69.4 Å². The van der Waals surface area contributed by atoms with Gasteiger partial charge in [-0.05, 0) is 52.4 Å². The number of hydrogen-bond acceptors (Lipinski definition) is 4. The minimum absolute atomic E-state index is 0.00667. The average molecular weight is 344 g/mol. The van der Waals surface area contributed by atoms with Gasteiger partial charge in [-0.1, -0.05) is 0 Å². The summed E-state index contributed by atoms with van der Waals surface area (Å²) in [6, 6.07) is 0.384. The lowest BCUT2D eigenvalue weighted by Crippen LogP contribution is -2.43. The van der Waals surface area contributed by atoms with E-state index < -0.39 is 0 Å². The molecule has 6 nitrogen and oxygen atoms in total. The third kappa shape index (κ3) is 3.24. The van der Waals surface area contributed by atoms with Gasteiger partial charge in [0.2, 0.25) is 5.91 Å². The molecule has 0 aromatic carbocycles. The Kier molecular flexibility index (Phi) is 4.40. The van der Waals surface area contributed by atoms with E-state index in [1.54, 1.807) is 0 Å². The van der Waals surface area contributed by atoms with Crippen molar-refractivity contribution in [3.05, 3.63) is 27.4 Å². The van der Waals surface area contributed by atoms with Crippen LogP contribution in [0.5, 0.6) is 0 Å². The van der Waals surface area contributed by atoms with Gasteiger partial charge in [-0.2, -0.15) is 0 Å². The molecule has 1 saturated carbocycles. The van der Waals surface area contributed by atoms with Crippen molar-refractivity contribution in [1.29, 1.82) is 0 Å². The molecule has 3 heterocycles. The topological polar surface area (TPSA) is 69.3 Å². The van der Waals surface area contributed by atoms with E-state index in [4.69, 9.17) is 4.98 Å². The van der Waals surface area contributed by atoms with Crippen LogP contribution in [0, 0.1) is 5.92 Å². The molecule has 1 aliphatic carbocycles. The third-order valence-electron chi connectivity index (χ3n) is 5.88. The monoisotopic (exact) mass is 344 g/mol. The normalized spacial score (nSPS) is 24.4. The largest absolute Gasteiger partial charge is 0.332 e. The molecule has 2 fully saturated rings. The molecular formula is C19H28N4O2. The molecule has 1 aromatic heterocycles. The summed E-state index contributed by atoms with van der Waals surface area (Å²) in [6.07, 6.45) is 5.81. The fourth-order valence-corrected chi connectivity index (χ4v) is 4.12. The van der Waals surface area contributed by atoms with Crippen LogP contribution in [0.3, 0.4) is 0 Å². The van der Waals surface area contributed by atoms with Crippen LogP contribution in [-0.4, -0.2) is 44.8 Å². The number of carbonyl (C=O) groups is 1. The summed E-state index contributed by atoms with van der Waals surface area (Å²) in [4.78, 5) is 37.5. The standard InChI is InChI=1S/C19H28N4O2/c1-12(2)22-10-8-14-15(11-22)20-17(21-18(14)24)16-5-3-4-9-23(16)19(25)13-6-7-13/h12-13,16H,3-11H2,1-2H3,(H,20,21,24). The zero-order valence-electron chi connectivity index (χ0n) is 15.3. The lowest BCUT2D eigenvalue weighted by atomic mass is 9.99. The number of likely N-dealkylation sites (tertiary alicyclic amines) is 1. The predicted molar refractivity (Wildman–Crippen MR) is 95.1 cm³/mol. The zero-order valence-corrected chi connectivity index (χ0v) is 15.3. The number of nitrogens with one attached hydrogen (secondary N) is 1. The van der Waals surface area contributed by atoms with Crippen LogP contribution in [0.2, 0.25) is 0 Å². The Morgan fingerprint density at radius 1 is 1.20 bits per heavy atom. The highest BCUT2D eigenvalue weighted by Crippen LogP contribution is 2.37. The Balaban J connectivity index is 1.65. The number of piperidine rings is 1. The molecule has 0 radical (unpaired) electrons. The van der Waals surface area contributed by atoms with Gasteiger partial charge in [0.1, 0.15) is 5.82 Å². The van der Waals surface area contributed by atoms with E-state index >= 15 is 0 Å². The molecule has 1 aromatic rings. The maximum absolute atomic E-state index is 12.7. The zero-order chi connectivity index (χ0) is 17.6. The van der Waals surface area contributed by atoms with Crippen LogP contribution in [0.15, 0.2) is 4.79 Å². The molecule has 1 atom stereocenters. The number of rotatable bonds is 3. The molecule has 1 N–H and O–H groups in total. The number of H-pyrrole nitrogens is 1. The van der Waals surface area contributed by atoms with Crippen molar-refractivity contribution in [2.75, 3.05) is 13.1 Å². The van der Waals surface area contributed by atoms with Crippen molar-refractivity contribution >= 4 is 5.91 Å². The van der Waals surface area contributed by atoms with Crippen LogP contribution >= 0.6 is 0 Å². The van der Waals surface area contributed by atoms with Crippen molar-refractivity contribution in [2.45, 2.75) is 71.0 Å². The van der Waals surface area contributed by atoms with Crippen LogP contribution in [0.1, 0.15) is 69.1 Å². The van der Waals surface area contributed by atoms with Gasteiger partial charge in [-0.3, -0.25) is 14.5 Å². The fraction of sp³-hybridized carbons (Fsp3) is 0.737. The fourth-order valence-electron chi connectivity index (χ4n) is 4.12. The summed E-state index contributed by atoms with van der Waals surface area (Å²) in [7, 11) is 0. The summed E-state index contributed by atoms with van der Waals surface area (Å²) >= 11 is 0. The van der Waals surface area contributed by atoms with Crippen LogP contribution < -0.4 is 5.56 Å². The molecule has 3 aliphatic rings. The molecule has 2 aliphatic heterocycles. The smallest absolute Gasteiger partial charge is 0.254 e. The highest BCUT2D eigenvalue weighted by Gasteiger charge is 2.38. The SMILES string of the molecule is CC(C)N1CCc2c(nc(C3CCCCN3C(=O)C3CC3)[nH]c2=O)C1. The van der Waals surface area contributed by atoms with E-state index in [-0.39, 0.29) is 23.4 Å². The number of nitrogens with zero attached hydrogens (tertiary/aromatic N) is 3. The molecule has 25 heavy (non-hydrogen) atoms. The van der Waals surface area contributed by atoms with Crippen molar-refractivity contribution in [2.24, 2.45) is 5.92 Å². The minimum atomic E-state index is -0.0609. The van der Waals surface area contributed by atoms with E-state index in [1.165, 1.54) is 0 Å². The van der Waals surface area contributed by atoms with Crippen molar-refractivity contribution in [1.82, 2.24) is 19.8 Å². The predicted octanol–water partition coefficient (Wildman–Crippen LogP) is 2.00. The Morgan fingerprint density at radius 3 is 2.72 bits per heavy atom. The van der Waals surface area contributed by atoms with Crippen LogP contribution in [0.4, 0.5) is 0 Å². The average Bonchev–Trinajstić information content (AvgIpc) is 3.45. The van der Waals surface area contributed by atoms with Crippen molar-refractivity contribution in [3.8, 4) is 0 Å².